The number of carboxylic acids is 1. The first-order valence-electron chi connectivity index (χ1n) is 6.69. The Bertz CT molecular complexity index is 482. The van der Waals surface area contributed by atoms with Crippen LogP contribution >= 0.6 is 11.6 Å². The van der Waals surface area contributed by atoms with Gasteiger partial charge in [-0.15, -0.1) is 0 Å². The van der Waals surface area contributed by atoms with Gasteiger partial charge in [-0.05, 0) is 43.7 Å². The second kappa shape index (κ2) is 6.70. The summed E-state index contributed by atoms with van der Waals surface area (Å²) in [5.41, 5.74) is 0.480. The number of nitrogens with zero attached hydrogens (tertiary/aromatic N) is 1. The van der Waals surface area contributed by atoms with E-state index in [0.29, 0.717) is 36.0 Å². The van der Waals surface area contributed by atoms with Crippen molar-refractivity contribution in [3.8, 4) is 0 Å². The summed E-state index contributed by atoms with van der Waals surface area (Å²) in [6.07, 6.45) is 4.52. The third-order valence-electron chi connectivity index (χ3n) is 3.74. The molecule has 1 amide bonds. The van der Waals surface area contributed by atoms with Gasteiger partial charge in [-0.2, -0.15) is 0 Å². The molecule has 0 aromatic carbocycles. The number of nitrogens with one attached hydrogen (secondary N) is 1. The van der Waals surface area contributed by atoms with Crippen LogP contribution in [0.5, 0.6) is 0 Å². The maximum Gasteiger partial charge on any atom is 0.306 e. The second-order valence-corrected chi connectivity index (χ2v) is 5.52. The number of pyridine rings is 1. The van der Waals surface area contributed by atoms with Gasteiger partial charge in [0.25, 0.3) is 5.91 Å². The van der Waals surface area contributed by atoms with Crippen LogP contribution in [0.1, 0.15) is 36.0 Å². The summed E-state index contributed by atoms with van der Waals surface area (Å²) in [5.74, 6) is -0.744. The predicted molar refractivity (Wildman–Crippen MR) is 74.7 cm³/mol. The van der Waals surface area contributed by atoms with Gasteiger partial charge in [-0.3, -0.25) is 9.59 Å². The van der Waals surface area contributed by atoms with Crippen LogP contribution in [0.3, 0.4) is 0 Å². The fourth-order valence-electron chi connectivity index (χ4n) is 2.46. The number of carbonyl (C=O) groups is 2. The molecule has 1 aromatic rings. The highest BCUT2D eigenvalue weighted by Gasteiger charge is 2.26. The van der Waals surface area contributed by atoms with Crippen LogP contribution < -0.4 is 5.32 Å². The van der Waals surface area contributed by atoms with Crippen molar-refractivity contribution in [2.45, 2.75) is 25.7 Å². The molecule has 1 aromatic heterocycles. The minimum absolute atomic E-state index is 0.172. The van der Waals surface area contributed by atoms with Crippen LogP contribution in [-0.4, -0.2) is 28.5 Å². The lowest BCUT2D eigenvalue weighted by atomic mass is 9.82. The zero-order valence-corrected chi connectivity index (χ0v) is 11.8. The third kappa shape index (κ3) is 3.93. The Morgan fingerprint density at radius 3 is 2.55 bits per heavy atom. The van der Waals surface area contributed by atoms with Gasteiger partial charge in [0.15, 0.2) is 0 Å². The Balaban J connectivity index is 1.77. The highest BCUT2D eigenvalue weighted by Crippen LogP contribution is 2.28. The van der Waals surface area contributed by atoms with Crippen LogP contribution in [0.15, 0.2) is 18.3 Å². The SMILES string of the molecule is O=C(NCC1CCC(C(=O)O)CC1)c1ccc(Cl)nc1. The van der Waals surface area contributed by atoms with Gasteiger partial charge in [0.1, 0.15) is 5.15 Å². The molecule has 1 aliphatic rings. The summed E-state index contributed by atoms with van der Waals surface area (Å²) in [7, 11) is 0. The lowest BCUT2D eigenvalue weighted by molar-refractivity contribution is -0.143. The highest BCUT2D eigenvalue weighted by atomic mass is 35.5. The number of rotatable bonds is 4. The van der Waals surface area contributed by atoms with E-state index in [1.54, 1.807) is 12.1 Å². The van der Waals surface area contributed by atoms with E-state index in [2.05, 4.69) is 10.3 Å². The molecule has 0 unspecified atom stereocenters. The molecule has 0 radical (unpaired) electrons. The molecular formula is C14H17ClN2O3. The number of aliphatic carboxylic acids is 1. The quantitative estimate of drug-likeness (QED) is 0.836. The van der Waals surface area contributed by atoms with Gasteiger partial charge >= 0.3 is 5.97 Å². The molecule has 2 rings (SSSR count). The van der Waals surface area contributed by atoms with E-state index >= 15 is 0 Å². The number of halogens is 1. The van der Waals surface area contributed by atoms with E-state index in [0.717, 1.165) is 12.8 Å². The van der Waals surface area contributed by atoms with Crippen LogP contribution in [0, 0.1) is 11.8 Å². The van der Waals surface area contributed by atoms with Crippen LogP contribution in [0.2, 0.25) is 5.15 Å². The number of carboxylic acid groups (broad SMARTS) is 1. The van der Waals surface area contributed by atoms with Crippen molar-refractivity contribution in [2.24, 2.45) is 11.8 Å². The maximum absolute atomic E-state index is 11.9. The van der Waals surface area contributed by atoms with E-state index in [1.165, 1.54) is 6.20 Å². The van der Waals surface area contributed by atoms with Gasteiger partial charge in [0.05, 0.1) is 11.5 Å². The first-order valence-corrected chi connectivity index (χ1v) is 7.06. The molecule has 1 heterocycles. The van der Waals surface area contributed by atoms with Crippen molar-refractivity contribution in [1.29, 1.82) is 0 Å². The molecule has 2 N–H and O–H groups in total. The lowest BCUT2D eigenvalue weighted by Crippen LogP contribution is -2.32. The summed E-state index contributed by atoms with van der Waals surface area (Å²) in [6.45, 7) is 0.577. The van der Waals surface area contributed by atoms with E-state index < -0.39 is 5.97 Å². The number of amides is 1. The van der Waals surface area contributed by atoms with Crippen molar-refractivity contribution >= 4 is 23.5 Å². The maximum atomic E-state index is 11.9. The van der Waals surface area contributed by atoms with Crippen LogP contribution in [-0.2, 0) is 4.79 Å². The van der Waals surface area contributed by atoms with E-state index in [1.807, 2.05) is 0 Å². The van der Waals surface area contributed by atoms with Crippen molar-refractivity contribution in [3.63, 3.8) is 0 Å². The first kappa shape index (κ1) is 14.8. The first-order chi connectivity index (χ1) is 9.56. The van der Waals surface area contributed by atoms with Crippen molar-refractivity contribution in [1.82, 2.24) is 10.3 Å². The Labute approximate surface area is 122 Å². The van der Waals surface area contributed by atoms with Crippen LogP contribution in [0.25, 0.3) is 0 Å². The minimum atomic E-state index is -0.709. The van der Waals surface area contributed by atoms with E-state index in [-0.39, 0.29) is 11.8 Å². The zero-order chi connectivity index (χ0) is 14.5. The summed E-state index contributed by atoms with van der Waals surface area (Å²) in [5, 5.41) is 12.1. The smallest absolute Gasteiger partial charge is 0.306 e. The number of aromatic nitrogens is 1. The standard InChI is InChI=1S/C14H17ClN2O3/c15-12-6-5-11(8-16-12)13(18)17-7-9-1-3-10(4-2-9)14(19)20/h5-6,8-10H,1-4,7H2,(H,17,18)(H,19,20). The summed E-state index contributed by atoms with van der Waals surface area (Å²) >= 11 is 5.66. The fraction of sp³-hybridized carbons (Fsp3) is 0.500. The monoisotopic (exact) mass is 296 g/mol. The Kier molecular flexibility index (Phi) is 4.95. The van der Waals surface area contributed by atoms with E-state index in [4.69, 9.17) is 16.7 Å². The molecule has 0 bridgehead atoms. The lowest BCUT2D eigenvalue weighted by Gasteiger charge is -2.26. The van der Waals surface area contributed by atoms with Gasteiger partial charge < -0.3 is 10.4 Å². The summed E-state index contributed by atoms with van der Waals surface area (Å²) in [6, 6.07) is 3.21. The molecule has 108 valence electrons. The fourth-order valence-corrected chi connectivity index (χ4v) is 2.57. The van der Waals surface area contributed by atoms with Crippen molar-refractivity contribution < 1.29 is 14.7 Å². The Hall–Kier alpha value is -1.62. The number of carbonyl (C=O) groups excluding carboxylic acids is 1. The average Bonchev–Trinajstić information content (AvgIpc) is 2.46. The van der Waals surface area contributed by atoms with Gasteiger partial charge in [-0.25, -0.2) is 4.98 Å². The molecule has 20 heavy (non-hydrogen) atoms. The Morgan fingerprint density at radius 1 is 1.30 bits per heavy atom. The third-order valence-corrected chi connectivity index (χ3v) is 3.96. The Morgan fingerprint density at radius 2 is 2.00 bits per heavy atom. The number of hydrogen-bond acceptors (Lipinski definition) is 3. The largest absolute Gasteiger partial charge is 0.481 e. The molecule has 0 saturated heterocycles. The van der Waals surface area contributed by atoms with Gasteiger partial charge in [0.2, 0.25) is 0 Å². The second-order valence-electron chi connectivity index (χ2n) is 5.14. The number of hydrogen-bond donors (Lipinski definition) is 2. The predicted octanol–water partition coefficient (Wildman–Crippen LogP) is 2.36. The van der Waals surface area contributed by atoms with E-state index in [9.17, 15) is 9.59 Å². The molecule has 6 heteroatoms. The van der Waals surface area contributed by atoms with Gasteiger partial charge in [-0.1, -0.05) is 11.6 Å². The molecule has 1 aliphatic carbocycles. The molecule has 5 nitrogen and oxygen atoms in total. The van der Waals surface area contributed by atoms with Crippen molar-refractivity contribution in [3.05, 3.63) is 29.0 Å². The molecule has 1 saturated carbocycles. The molecule has 1 fully saturated rings. The molecular weight excluding hydrogens is 280 g/mol. The summed E-state index contributed by atoms with van der Waals surface area (Å²) in [4.78, 5) is 26.6. The zero-order valence-electron chi connectivity index (χ0n) is 11.0. The van der Waals surface area contributed by atoms with Crippen molar-refractivity contribution in [2.75, 3.05) is 6.54 Å². The minimum Gasteiger partial charge on any atom is -0.481 e. The molecule has 0 atom stereocenters. The normalized spacial score (nSPS) is 22.2. The average molecular weight is 297 g/mol. The highest BCUT2D eigenvalue weighted by molar-refractivity contribution is 6.29. The molecule has 0 aliphatic heterocycles. The van der Waals surface area contributed by atoms with Gasteiger partial charge in [0, 0.05) is 12.7 Å². The molecule has 0 spiro atoms. The summed E-state index contributed by atoms with van der Waals surface area (Å²) < 4.78 is 0. The van der Waals surface area contributed by atoms with Crippen LogP contribution in [0.4, 0.5) is 0 Å². The topological polar surface area (TPSA) is 79.3 Å².